The molecule has 1 fully saturated rings. The zero-order chi connectivity index (χ0) is 14.1. The van der Waals surface area contributed by atoms with E-state index in [-0.39, 0.29) is 5.19 Å². The molecule has 0 aliphatic carbocycles. The van der Waals surface area contributed by atoms with Crippen molar-refractivity contribution in [3.05, 3.63) is 18.0 Å². The number of primary amides is 1. The summed E-state index contributed by atoms with van der Waals surface area (Å²) in [5, 5.41) is 0.231. The van der Waals surface area contributed by atoms with Crippen LogP contribution >= 0.6 is 11.3 Å². The Balaban J connectivity index is 1.91. The molecule has 3 rings (SSSR count). The Morgan fingerprint density at radius 1 is 1.45 bits per heavy atom. The van der Waals surface area contributed by atoms with E-state index in [9.17, 15) is 4.79 Å². The molecule has 0 radical (unpaired) electrons. The largest absolute Gasteiger partial charge is 0.411 e. The molecule has 2 aromatic heterocycles. The number of carbonyl (C=O) groups excluding carboxylic acids is 1. The molecule has 0 unspecified atom stereocenters. The van der Waals surface area contributed by atoms with Gasteiger partial charge in [-0.3, -0.25) is 0 Å². The number of amides is 1. The van der Waals surface area contributed by atoms with Crippen molar-refractivity contribution in [2.75, 3.05) is 18.0 Å². The van der Waals surface area contributed by atoms with Crippen LogP contribution in [-0.2, 0) is 0 Å². The molecule has 1 amide bonds. The molecule has 8 heteroatoms. The molecule has 2 N–H and O–H groups in total. The summed E-state index contributed by atoms with van der Waals surface area (Å²) in [6, 6.07) is 1.82. The van der Waals surface area contributed by atoms with Crippen molar-refractivity contribution in [2.45, 2.75) is 13.3 Å². The predicted molar refractivity (Wildman–Crippen MR) is 74.9 cm³/mol. The number of rotatable bonds is 3. The fourth-order valence-corrected chi connectivity index (χ4v) is 2.78. The second kappa shape index (κ2) is 5.04. The molecule has 2 aromatic rings. The Morgan fingerprint density at radius 2 is 2.25 bits per heavy atom. The van der Waals surface area contributed by atoms with Crippen molar-refractivity contribution < 1.29 is 9.53 Å². The van der Waals surface area contributed by atoms with Crippen LogP contribution < -0.4 is 15.4 Å². The van der Waals surface area contributed by atoms with E-state index in [0.29, 0.717) is 0 Å². The van der Waals surface area contributed by atoms with E-state index >= 15 is 0 Å². The molecule has 1 saturated heterocycles. The van der Waals surface area contributed by atoms with Crippen LogP contribution in [0.15, 0.2) is 12.3 Å². The number of aromatic nitrogens is 3. The summed E-state index contributed by atoms with van der Waals surface area (Å²) in [4.78, 5) is 26.7. The summed E-state index contributed by atoms with van der Waals surface area (Å²) in [6.07, 6.45) is 2.03. The molecule has 3 heterocycles. The highest BCUT2D eigenvalue weighted by molar-refractivity contribution is 7.17. The lowest BCUT2D eigenvalue weighted by molar-refractivity contribution is 0.210. The van der Waals surface area contributed by atoms with E-state index in [4.69, 9.17) is 10.5 Å². The molecule has 104 valence electrons. The van der Waals surface area contributed by atoms with E-state index in [0.717, 1.165) is 35.3 Å². The van der Waals surface area contributed by atoms with Gasteiger partial charge in [0.1, 0.15) is 0 Å². The van der Waals surface area contributed by atoms with Gasteiger partial charge in [-0.05, 0) is 19.4 Å². The average Bonchev–Trinajstić information content (AvgIpc) is 2.67. The zero-order valence-electron chi connectivity index (χ0n) is 10.9. The number of thiazole rings is 1. The van der Waals surface area contributed by atoms with Crippen LogP contribution in [0.3, 0.4) is 0 Å². The van der Waals surface area contributed by atoms with E-state index in [1.54, 1.807) is 6.20 Å². The first-order chi connectivity index (χ1) is 9.63. The maximum atomic E-state index is 10.8. The van der Waals surface area contributed by atoms with Gasteiger partial charge in [0, 0.05) is 19.3 Å². The van der Waals surface area contributed by atoms with Crippen molar-refractivity contribution in [1.29, 1.82) is 0 Å². The number of hydrogen-bond donors (Lipinski definition) is 1. The topological polar surface area (TPSA) is 94.2 Å². The standard InChI is InChI=1S/C12H13N5O2S/c1-7-9(20-12(15-7)19-10(13)18)8-3-4-14-11(16-8)17-5-2-6-17/h3-4H,2,5-6H2,1H3,(H2,13,18). The second-order valence-corrected chi connectivity index (χ2v) is 5.36. The molecule has 7 nitrogen and oxygen atoms in total. The third-order valence-corrected chi connectivity index (χ3v) is 4.04. The van der Waals surface area contributed by atoms with Crippen molar-refractivity contribution in [2.24, 2.45) is 5.73 Å². The van der Waals surface area contributed by atoms with Gasteiger partial charge in [0.2, 0.25) is 5.95 Å². The normalized spacial score (nSPS) is 13.9. The Hall–Kier alpha value is -2.22. The zero-order valence-corrected chi connectivity index (χ0v) is 11.7. The number of anilines is 1. The van der Waals surface area contributed by atoms with E-state index in [2.05, 4.69) is 19.9 Å². The van der Waals surface area contributed by atoms with Crippen LogP contribution in [0.5, 0.6) is 5.19 Å². The lowest BCUT2D eigenvalue weighted by Crippen LogP contribution is -2.38. The van der Waals surface area contributed by atoms with Crippen molar-refractivity contribution >= 4 is 23.4 Å². The van der Waals surface area contributed by atoms with E-state index < -0.39 is 6.09 Å². The highest BCUT2D eigenvalue weighted by Crippen LogP contribution is 2.33. The SMILES string of the molecule is Cc1nc(OC(N)=O)sc1-c1ccnc(N2CCC2)n1. The minimum absolute atomic E-state index is 0.231. The lowest BCUT2D eigenvalue weighted by Gasteiger charge is -2.30. The van der Waals surface area contributed by atoms with Gasteiger partial charge in [-0.2, -0.15) is 0 Å². The van der Waals surface area contributed by atoms with Gasteiger partial charge < -0.3 is 15.4 Å². The minimum Gasteiger partial charge on any atom is -0.381 e. The number of hydrogen-bond acceptors (Lipinski definition) is 7. The smallest absolute Gasteiger partial charge is 0.381 e. The summed E-state index contributed by atoms with van der Waals surface area (Å²) in [7, 11) is 0. The van der Waals surface area contributed by atoms with Crippen LogP contribution in [-0.4, -0.2) is 34.1 Å². The van der Waals surface area contributed by atoms with Gasteiger partial charge in [0.15, 0.2) is 0 Å². The lowest BCUT2D eigenvalue weighted by atomic mass is 10.2. The number of carbonyl (C=O) groups is 1. The van der Waals surface area contributed by atoms with Gasteiger partial charge in [-0.25, -0.2) is 19.7 Å². The van der Waals surface area contributed by atoms with Crippen LogP contribution in [0.25, 0.3) is 10.6 Å². The fourth-order valence-electron chi connectivity index (χ4n) is 1.88. The molecule has 0 aromatic carbocycles. The summed E-state index contributed by atoms with van der Waals surface area (Å²) in [5.74, 6) is 0.721. The van der Waals surface area contributed by atoms with Crippen LogP contribution in [0.2, 0.25) is 0 Å². The second-order valence-electron chi connectivity index (χ2n) is 4.40. The van der Waals surface area contributed by atoms with Gasteiger partial charge in [0.25, 0.3) is 5.19 Å². The monoisotopic (exact) mass is 291 g/mol. The van der Waals surface area contributed by atoms with E-state index in [1.807, 2.05) is 13.0 Å². The molecule has 1 aliphatic heterocycles. The summed E-state index contributed by atoms with van der Waals surface area (Å²) in [5.41, 5.74) is 6.51. The first-order valence-corrected chi connectivity index (χ1v) is 6.98. The highest BCUT2D eigenvalue weighted by atomic mass is 32.1. The molecule has 0 spiro atoms. The minimum atomic E-state index is -0.866. The third kappa shape index (κ3) is 2.42. The predicted octanol–water partition coefficient (Wildman–Crippen LogP) is 1.58. The maximum absolute atomic E-state index is 10.8. The average molecular weight is 291 g/mol. The van der Waals surface area contributed by atoms with Crippen LogP contribution in [0.1, 0.15) is 12.1 Å². The Labute approximate surface area is 119 Å². The van der Waals surface area contributed by atoms with Gasteiger partial charge in [-0.15, -0.1) is 0 Å². The first kappa shape index (κ1) is 12.8. The highest BCUT2D eigenvalue weighted by Gasteiger charge is 2.19. The van der Waals surface area contributed by atoms with Gasteiger partial charge in [0.05, 0.1) is 16.3 Å². The molecule has 0 saturated carbocycles. The molecule has 1 aliphatic rings. The summed E-state index contributed by atoms with van der Waals surface area (Å²) < 4.78 is 4.80. The van der Waals surface area contributed by atoms with Crippen molar-refractivity contribution in [3.63, 3.8) is 0 Å². The summed E-state index contributed by atoms with van der Waals surface area (Å²) in [6.45, 7) is 3.81. The number of aryl methyl sites for hydroxylation is 1. The molecule has 0 bridgehead atoms. The molecule has 0 atom stereocenters. The van der Waals surface area contributed by atoms with E-state index in [1.165, 1.54) is 17.8 Å². The molecular formula is C12H13N5O2S. The summed E-state index contributed by atoms with van der Waals surface area (Å²) >= 11 is 1.24. The van der Waals surface area contributed by atoms with Gasteiger partial charge in [-0.1, -0.05) is 11.3 Å². The third-order valence-electron chi connectivity index (χ3n) is 2.98. The molecular weight excluding hydrogens is 278 g/mol. The quantitative estimate of drug-likeness (QED) is 0.922. The number of ether oxygens (including phenoxy) is 1. The van der Waals surface area contributed by atoms with Crippen LogP contribution in [0, 0.1) is 6.92 Å². The first-order valence-electron chi connectivity index (χ1n) is 6.16. The number of nitrogens with zero attached hydrogens (tertiary/aromatic N) is 4. The Kier molecular flexibility index (Phi) is 3.23. The van der Waals surface area contributed by atoms with Crippen molar-refractivity contribution in [1.82, 2.24) is 15.0 Å². The Bertz CT molecular complexity index is 653. The van der Waals surface area contributed by atoms with Gasteiger partial charge >= 0.3 is 6.09 Å². The fraction of sp³-hybridized carbons (Fsp3) is 0.333. The maximum Gasteiger partial charge on any atom is 0.411 e. The van der Waals surface area contributed by atoms with Crippen LogP contribution in [0.4, 0.5) is 10.7 Å². The number of nitrogens with two attached hydrogens (primary N) is 1. The Morgan fingerprint density at radius 3 is 2.90 bits per heavy atom. The van der Waals surface area contributed by atoms with Crippen molar-refractivity contribution in [3.8, 4) is 15.8 Å². The molecule has 20 heavy (non-hydrogen) atoms.